The van der Waals surface area contributed by atoms with Gasteiger partial charge in [-0.25, -0.2) is 0 Å². The number of nitrogens with zero attached hydrogens (tertiary/aromatic N) is 3. The van der Waals surface area contributed by atoms with Gasteiger partial charge < -0.3 is 14.0 Å². The van der Waals surface area contributed by atoms with E-state index >= 15 is 0 Å². The van der Waals surface area contributed by atoms with E-state index in [0.717, 1.165) is 17.5 Å². The van der Waals surface area contributed by atoms with Crippen LogP contribution in [-0.4, -0.2) is 35.2 Å². The zero-order valence-electron chi connectivity index (χ0n) is 17.6. The van der Waals surface area contributed by atoms with E-state index < -0.39 is 10.8 Å². The van der Waals surface area contributed by atoms with Crippen molar-refractivity contribution < 1.29 is 19.2 Å². The van der Waals surface area contributed by atoms with Gasteiger partial charge in [0.2, 0.25) is 0 Å². The summed E-state index contributed by atoms with van der Waals surface area (Å²) in [6.45, 7) is 5.97. The number of ether oxygens (including phenoxy) is 2. The molecule has 8 nitrogen and oxygen atoms in total. The van der Waals surface area contributed by atoms with E-state index in [4.69, 9.17) is 9.47 Å². The van der Waals surface area contributed by atoms with Crippen LogP contribution in [0.3, 0.4) is 0 Å². The number of thiazole rings is 1. The van der Waals surface area contributed by atoms with Crippen LogP contribution < -0.4 is 9.54 Å². The minimum atomic E-state index is -0.435. The Morgan fingerprint density at radius 1 is 1.19 bits per heavy atom. The number of nitro groups is 1. The van der Waals surface area contributed by atoms with Crippen molar-refractivity contribution >= 4 is 33.1 Å². The minimum Gasteiger partial charge on any atom is -0.494 e. The van der Waals surface area contributed by atoms with Gasteiger partial charge in [-0.1, -0.05) is 30.7 Å². The molecule has 1 heterocycles. The van der Waals surface area contributed by atoms with Crippen LogP contribution in [0.2, 0.25) is 0 Å². The van der Waals surface area contributed by atoms with Crippen molar-refractivity contribution in [2.45, 2.75) is 33.2 Å². The smallest absolute Gasteiger partial charge is 0.279 e. The van der Waals surface area contributed by atoms with Gasteiger partial charge in [0.15, 0.2) is 4.80 Å². The summed E-state index contributed by atoms with van der Waals surface area (Å²) in [5.41, 5.74) is 1.07. The Kier molecular flexibility index (Phi) is 7.91. The maximum absolute atomic E-state index is 12.9. The highest BCUT2D eigenvalue weighted by atomic mass is 32.1. The molecule has 1 amide bonds. The minimum absolute atomic E-state index is 0.00901. The molecule has 0 saturated heterocycles. The number of fused-ring (bicyclic) bond motifs is 1. The first-order chi connectivity index (χ1) is 15.0. The molecular weight excluding hydrogens is 418 g/mol. The van der Waals surface area contributed by atoms with E-state index in [9.17, 15) is 14.9 Å². The number of benzene rings is 2. The molecule has 31 heavy (non-hydrogen) atoms. The zero-order chi connectivity index (χ0) is 22.2. The van der Waals surface area contributed by atoms with Crippen LogP contribution in [0.5, 0.6) is 5.75 Å². The highest BCUT2D eigenvalue weighted by Gasteiger charge is 2.14. The van der Waals surface area contributed by atoms with E-state index in [0.29, 0.717) is 48.0 Å². The summed E-state index contributed by atoms with van der Waals surface area (Å²) in [4.78, 5) is 28.4. The molecule has 2 aromatic carbocycles. The lowest BCUT2D eigenvalue weighted by molar-refractivity contribution is -0.384. The van der Waals surface area contributed by atoms with Crippen molar-refractivity contribution in [3.05, 3.63) is 62.9 Å². The normalized spacial score (nSPS) is 11.7. The van der Waals surface area contributed by atoms with Crippen molar-refractivity contribution in [3.8, 4) is 5.75 Å². The molecule has 3 aromatic rings. The van der Waals surface area contributed by atoms with Gasteiger partial charge in [0.25, 0.3) is 11.6 Å². The number of amides is 1. The van der Waals surface area contributed by atoms with Crippen molar-refractivity contribution in [2.24, 2.45) is 4.99 Å². The Morgan fingerprint density at radius 2 is 2.03 bits per heavy atom. The number of carbonyl (C=O) groups is 1. The molecule has 0 saturated carbocycles. The van der Waals surface area contributed by atoms with Crippen LogP contribution in [0.25, 0.3) is 10.2 Å². The number of carbonyl (C=O) groups excluding carboxylic acids is 1. The van der Waals surface area contributed by atoms with E-state index in [1.807, 2.05) is 13.0 Å². The number of rotatable bonds is 10. The number of unbranched alkanes of at least 4 members (excludes halogenated alkanes) is 1. The third-order valence-corrected chi connectivity index (χ3v) is 5.64. The highest BCUT2D eigenvalue weighted by Crippen LogP contribution is 2.23. The second-order valence-electron chi connectivity index (χ2n) is 6.79. The van der Waals surface area contributed by atoms with Crippen molar-refractivity contribution in [3.63, 3.8) is 0 Å². The third kappa shape index (κ3) is 5.77. The lowest BCUT2D eigenvalue weighted by Crippen LogP contribution is -2.19. The van der Waals surface area contributed by atoms with E-state index in [2.05, 4.69) is 11.9 Å². The summed E-state index contributed by atoms with van der Waals surface area (Å²) in [7, 11) is 0. The standard InChI is InChI=1S/C22H25N3O5S/c1-3-5-12-30-18-8-6-7-16(14-18)21(26)23-22-24(11-13-29-4-2)19-15-17(25(27)28)9-10-20(19)31-22/h6-10,14-15H,3-5,11-13H2,1-2H3. The summed E-state index contributed by atoms with van der Waals surface area (Å²) >= 11 is 1.31. The number of non-ortho nitro benzene ring substituents is 1. The first-order valence-corrected chi connectivity index (χ1v) is 11.0. The quantitative estimate of drug-likeness (QED) is 0.260. The Balaban J connectivity index is 1.98. The van der Waals surface area contributed by atoms with Gasteiger partial charge in [0.1, 0.15) is 5.75 Å². The first-order valence-electron chi connectivity index (χ1n) is 10.2. The Hall–Kier alpha value is -3.04. The Labute approximate surface area is 183 Å². The van der Waals surface area contributed by atoms with Crippen molar-refractivity contribution in [2.75, 3.05) is 19.8 Å². The van der Waals surface area contributed by atoms with Gasteiger partial charge in [0, 0.05) is 30.8 Å². The topological polar surface area (TPSA) is 96.0 Å². The van der Waals surface area contributed by atoms with Gasteiger partial charge in [0.05, 0.1) is 28.4 Å². The van der Waals surface area contributed by atoms with Gasteiger partial charge in [-0.05, 0) is 37.6 Å². The fourth-order valence-electron chi connectivity index (χ4n) is 2.98. The largest absolute Gasteiger partial charge is 0.494 e. The molecule has 0 fully saturated rings. The van der Waals surface area contributed by atoms with Crippen LogP contribution >= 0.6 is 11.3 Å². The molecular formula is C22H25N3O5S. The Morgan fingerprint density at radius 3 is 2.77 bits per heavy atom. The summed E-state index contributed by atoms with van der Waals surface area (Å²) < 4.78 is 13.7. The Bertz CT molecular complexity index is 1140. The fourth-order valence-corrected chi connectivity index (χ4v) is 4.01. The second kappa shape index (κ2) is 10.8. The lowest BCUT2D eigenvalue weighted by atomic mass is 10.2. The number of hydrogen-bond acceptors (Lipinski definition) is 6. The van der Waals surface area contributed by atoms with Crippen molar-refractivity contribution in [1.82, 2.24) is 4.57 Å². The fraction of sp³-hybridized carbons (Fsp3) is 0.364. The molecule has 3 rings (SSSR count). The molecule has 0 bridgehead atoms. The summed E-state index contributed by atoms with van der Waals surface area (Å²) in [5, 5.41) is 11.2. The van der Waals surface area contributed by atoms with E-state index in [1.165, 1.54) is 23.5 Å². The molecule has 0 aliphatic carbocycles. The highest BCUT2D eigenvalue weighted by molar-refractivity contribution is 7.16. The van der Waals surface area contributed by atoms with Crippen LogP contribution in [0.15, 0.2) is 47.5 Å². The molecule has 0 N–H and O–H groups in total. The van der Waals surface area contributed by atoms with Crippen LogP contribution in [0.4, 0.5) is 5.69 Å². The number of nitro benzene ring substituents is 1. The van der Waals surface area contributed by atoms with Gasteiger partial charge >= 0.3 is 0 Å². The molecule has 0 aliphatic heterocycles. The third-order valence-electron chi connectivity index (χ3n) is 4.58. The van der Waals surface area contributed by atoms with Crippen LogP contribution in [0.1, 0.15) is 37.0 Å². The number of aromatic nitrogens is 1. The van der Waals surface area contributed by atoms with Gasteiger partial charge in [-0.3, -0.25) is 14.9 Å². The monoisotopic (exact) mass is 443 g/mol. The number of hydrogen-bond donors (Lipinski definition) is 0. The summed E-state index contributed by atoms with van der Waals surface area (Å²) in [6.07, 6.45) is 1.97. The average Bonchev–Trinajstić information content (AvgIpc) is 3.10. The molecule has 9 heteroatoms. The first kappa shape index (κ1) is 22.6. The molecule has 164 valence electrons. The summed E-state index contributed by atoms with van der Waals surface area (Å²) in [6, 6.07) is 11.6. The molecule has 0 aliphatic rings. The van der Waals surface area contributed by atoms with Crippen molar-refractivity contribution in [1.29, 1.82) is 0 Å². The maximum atomic E-state index is 12.9. The maximum Gasteiger partial charge on any atom is 0.279 e. The molecule has 0 atom stereocenters. The summed E-state index contributed by atoms with van der Waals surface area (Å²) in [5.74, 6) is 0.234. The lowest BCUT2D eigenvalue weighted by Gasteiger charge is -2.06. The second-order valence-corrected chi connectivity index (χ2v) is 7.80. The van der Waals surface area contributed by atoms with Gasteiger partial charge in [-0.15, -0.1) is 0 Å². The van der Waals surface area contributed by atoms with E-state index in [1.54, 1.807) is 28.8 Å². The SMILES string of the molecule is CCCCOc1cccc(C(=O)N=c2sc3ccc([N+](=O)[O-])cc3n2CCOCC)c1. The van der Waals surface area contributed by atoms with Crippen LogP contribution in [-0.2, 0) is 11.3 Å². The van der Waals surface area contributed by atoms with E-state index in [-0.39, 0.29) is 5.69 Å². The average molecular weight is 444 g/mol. The molecule has 0 radical (unpaired) electrons. The predicted octanol–water partition coefficient (Wildman–Crippen LogP) is 4.57. The zero-order valence-corrected chi connectivity index (χ0v) is 18.4. The molecule has 0 spiro atoms. The molecule has 0 unspecified atom stereocenters. The van der Waals surface area contributed by atoms with Crippen LogP contribution in [0, 0.1) is 10.1 Å². The van der Waals surface area contributed by atoms with Gasteiger partial charge in [-0.2, -0.15) is 4.99 Å². The molecule has 1 aromatic heterocycles. The predicted molar refractivity (Wildman–Crippen MR) is 120 cm³/mol.